The molecule has 0 aliphatic heterocycles. The summed E-state index contributed by atoms with van der Waals surface area (Å²) in [5.41, 5.74) is 1.99. The minimum absolute atomic E-state index is 0.268. The van der Waals surface area contributed by atoms with Crippen LogP contribution < -0.4 is 16.0 Å². The quantitative estimate of drug-likeness (QED) is 0.0980. The van der Waals surface area contributed by atoms with E-state index in [0.29, 0.717) is 12.8 Å². The average molecular weight is 792 g/mol. The van der Waals surface area contributed by atoms with Crippen molar-refractivity contribution in [1.29, 1.82) is 0 Å². The van der Waals surface area contributed by atoms with E-state index in [1.54, 1.807) is 18.0 Å². The molecule has 0 saturated heterocycles. The first-order valence-corrected chi connectivity index (χ1v) is 20.1. The van der Waals surface area contributed by atoms with Crippen LogP contribution in [-0.4, -0.2) is 94.6 Å². The van der Waals surface area contributed by atoms with Crippen molar-refractivity contribution in [3.8, 4) is 11.3 Å². The molecule has 3 rings (SSSR count). The first kappa shape index (κ1) is 45.8. The molecular weight excluding hydrogens is 731 g/mol. The Morgan fingerprint density at radius 3 is 1.98 bits per heavy atom. The summed E-state index contributed by atoms with van der Waals surface area (Å²) in [7, 11) is 2.65. The highest BCUT2D eigenvalue weighted by molar-refractivity contribution is 7.99. The van der Waals surface area contributed by atoms with Crippen LogP contribution in [0, 0.1) is 10.8 Å². The Labute approximate surface area is 336 Å². The van der Waals surface area contributed by atoms with Gasteiger partial charge in [0.05, 0.1) is 24.9 Å². The fourth-order valence-electron chi connectivity index (χ4n) is 6.74. The molecule has 0 aliphatic carbocycles. The summed E-state index contributed by atoms with van der Waals surface area (Å²) in [4.78, 5) is 58.6. The second kappa shape index (κ2) is 21.1. The van der Waals surface area contributed by atoms with Gasteiger partial charge in [-0.1, -0.05) is 109 Å². The summed E-state index contributed by atoms with van der Waals surface area (Å²) in [5.74, 6) is -0.0605. The molecule has 0 fully saturated rings. The van der Waals surface area contributed by atoms with Crippen LogP contribution in [0.25, 0.3) is 11.3 Å². The van der Waals surface area contributed by atoms with Gasteiger partial charge in [0.1, 0.15) is 17.5 Å². The molecule has 4 N–H and O–H groups in total. The summed E-state index contributed by atoms with van der Waals surface area (Å²) in [5, 5.41) is 19.1. The molecule has 1 aromatic heterocycles. The first-order valence-electron chi connectivity index (χ1n) is 19.1. The lowest BCUT2D eigenvalue weighted by molar-refractivity contribution is -0.131. The van der Waals surface area contributed by atoms with Crippen LogP contribution >= 0.6 is 11.8 Å². The second-order valence-corrected chi connectivity index (χ2v) is 17.7. The Balaban J connectivity index is 2.13. The SMILES string of the molecule is CCSC(C)O[C@@H](C[C@H](Cc1ccc(-c2ccccn2)cc1)NC(=O)[C@@H](NC(=O)OC)C(C)(C)C)[C@H](Cc1ccccc1)NC(=O)[C@@H](N(C)C(=O)O)C(C)(C)C. The zero-order chi connectivity index (χ0) is 41.6. The summed E-state index contributed by atoms with van der Waals surface area (Å²) in [6, 6.07) is 20.3. The maximum atomic E-state index is 14.3. The van der Waals surface area contributed by atoms with Gasteiger partial charge in [0, 0.05) is 24.8 Å². The number of benzene rings is 2. The van der Waals surface area contributed by atoms with E-state index in [2.05, 4.69) is 20.9 Å². The lowest BCUT2D eigenvalue weighted by atomic mass is 9.84. The van der Waals surface area contributed by atoms with Crippen molar-refractivity contribution >= 4 is 35.8 Å². The van der Waals surface area contributed by atoms with Crippen molar-refractivity contribution in [3.63, 3.8) is 0 Å². The zero-order valence-electron chi connectivity index (χ0n) is 34.5. The lowest BCUT2D eigenvalue weighted by Gasteiger charge is -2.39. The Hall–Kier alpha value is -4.62. The van der Waals surface area contributed by atoms with Crippen molar-refractivity contribution in [2.45, 2.75) is 110 Å². The minimum atomic E-state index is -1.22. The van der Waals surface area contributed by atoms with Crippen LogP contribution in [0.2, 0.25) is 0 Å². The summed E-state index contributed by atoms with van der Waals surface area (Å²) in [6.07, 6.45) is 0.201. The number of nitrogens with one attached hydrogen (secondary N) is 3. The molecule has 1 unspecified atom stereocenters. The van der Waals surface area contributed by atoms with Crippen LogP contribution in [0.15, 0.2) is 79.0 Å². The number of alkyl carbamates (subject to hydrolysis) is 1. The Kier molecular flexibility index (Phi) is 17.2. The van der Waals surface area contributed by atoms with Crippen molar-refractivity contribution in [2.24, 2.45) is 10.8 Å². The van der Waals surface area contributed by atoms with Crippen LogP contribution in [-0.2, 0) is 31.9 Å². The van der Waals surface area contributed by atoms with Gasteiger partial charge in [-0.25, -0.2) is 9.59 Å². The molecular formula is C43H61N5O7S. The number of amides is 4. The minimum Gasteiger partial charge on any atom is -0.465 e. The topological polar surface area (TPSA) is 159 Å². The maximum Gasteiger partial charge on any atom is 0.407 e. The number of likely N-dealkylation sites (N-methyl/N-ethyl adjacent to an activating group) is 1. The van der Waals surface area contributed by atoms with E-state index in [0.717, 1.165) is 33.0 Å². The number of ether oxygens (including phenoxy) is 2. The number of hydrogen-bond donors (Lipinski definition) is 4. The maximum absolute atomic E-state index is 14.3. The predicted octanol–water partition coefficient (Wildman–Crippen LogP) is 7.17. The smallest absolute Gasteiger partial charge is 0.407 e. The highest BCUT2D eigenvalue weighted by Gasteiger charge is 2.40. The van der Waals surface area contributed by atoms with Gasteiger partial charge >= 0.3 is 12.2 Å². The van der Waals surface area contributed by atoms with Gasteiger partial charge in [-0.05, 0) is 66.0 Å². The molecule has 0 spiro atoms. The molecule has 4 amide bonds. The van der Waals surface area contributed by atoms with Crippen molar-refractivity contribution in [3.05, 3.63) is 90.1 Å². The van der Waals surface area contributed by atoms with E-state index >= 15 is 0 Å². The number of aromatic nitrogens is 1. The van der Waals surface area contributed by atoms with Gasteiger partial charge in [0.2, 0.25) is 11.8 Å². The van der Waals surface area contributed by atoms with Gasteiger partial charge in [-0.3, -0.25) is 19.5 Å². The molecule has 12 nitrogen and oxygen atoms in total. The van der Waals surface area contributed by atoms with E-state index in [-0.39, 0.29) is 11.9 Å². The fraction of sp³-hybridized carbons (Fsp3) is 0.512. The van der Waals surface area contributed by atoms with E-state index in [9.17, 15) is 24.3 Å². The van der Waals surface area contributed by atoms with Crippen LogP contribution in [0.3, 0.4) is 0 Å². The van der Waals surface area contributed by atoms with E-state index in [4.69, 9.17) is 9.47 Å². The number of pyridine rings is 1. The Morgan fingerprint density at radius 2 is 1.45 bits per heavy atom. The average Bonchev–Trinajstić information content (AvgIpc) is 3.13. The molecule has 1 heterocycles. The predicted molar refractivity (Wildman–Crippen MR) is 222 cm³/mol. The molecule has 306 valence electrons. The highest BCUT2D eigenvalue weighted by atomic mass is 32.2. The largest absolute Gasteiger partial charge is 0.465 e. The van der Waals surface area contributed by atoms with Crippen LogP contribution in [0.5, 0.6) is 0 Å². The summed E-state index contributed by atoms with van der Waals surface area (Å²) < 4.78 is 11.7. The monoisotopic (exact) mass is 791 g/mol. The van der Waals surface area contributed by atoms with Gasteiger partial charge in [0.25, 0.3) is 0 Å². The molecule has 0 bridgehead atoms. The lowest BCUT2D eigenvalue weighted by Crippen LogP contribution is -2.59. The second-order valence-electron chi connectivity index (χ2n) is 16.2. The number of hydrogen-bond acceptors (Lipinski definition) is 8. The van der Waals surface area contributed by atoms with Gasteiger partial charge in [-0.2, -0.15) is 0 Å². The number of carbonyl (C=O) groups is 4. The molecule has 6 atom stereocenters. The fourth-order valence-corrected chi connectivity index (χ4v) is 7.43. The van der Waals surface area contributed by atoms with Crippen molar-refractivity contribution in [1.82, 2.24) is 25.8 Å². The Bertz CT molecular complexity index is 1700. The van der Waals surface area contributed by atoms with Gasteiger partial charge < -0.3 is 30.5 Å². The van der Waals surface area contributed by atoms with Crippen molar-refractivity contribution in [2.75, 3.05) is 19.9 Å². The van der Waals surface area contributed by atoms with Gasteiger partial charge in [0.15, 0.2) is 0 Å². The van der Waals surface area contributed by atoms with E-state index < -0.39 is 65.1 Å². The number of nitrogens with zero attached hydrogens (tertiary/aromatic N) is 2. The zero-order valence-corrected chi connectivity index (χ0v) is 35.3. The third kappa shape index (κ3) is 14.1. The number of rotatable bonds is 18. The third-order valence-electron chi connectivity index (χ3n) is 9.44. The number of carbonyl (C=O) groups excluding carboxylic acids is 3. The number of methoxy groups -OCH3 is 1. The van der Waals surface area contributed by atoms with Crippen LogP contribution in [0.1, 0.15) is 72.9 Å². The molecule has 0 saturated carbocycles. The van der Waals surface area contributed by atoms with E-state index in [1.165, 1.54) is 14.2 Å². The summed E-state index contributed by atoms with van der Waals surface area (Å²) in [6.45, 7) is 15.1. The van der Waals surface area contributed by atoms with E-state index in [1.807, 2.05) is 128 Å². The summed E-state index contributed by atoms with van der Waals surface area (Å²) >= 11 is 1.61. The molecule has 0 radical (unpaired) electrons. The molecule has 0 aliphatic rings. The molecule has 56 heavy (non-hydrogen) atoms. The molecule has 2 aromatic carbocycles. The first-order chi connectivity index (χ1) is 26.3. The number of thioether (sulfide) groups is 1. The van der Waals surface area contributed by atoms with Gasteiger partial charge in [-0.15, -0.1) is 11.8 Å². The third-order valence-corrected chi connectivity index (χ3v) is 10.3. The standard InChI is InChI=1S/C43H61N5O7S/c1-11-56-28(2)55-35(34(26-29-17-13-12-14-18-29)46-39(50)37(43(6,7)8)48(9)41(52)53)27-32(45-38(49)36(42(3,4)5)47-40(51)54-10)25-30-20-22-31(23-21-30)33-19-15-16-24-44-33/h12-24,28,32,34-37H,11,25-27H2,1-10H3,(H,45,49)(H,46,50)(H,47,51)(H,52,53)/t28?,32-,34-,35-,36+,37+/m0/s1. The normalized spacial score (nSPS) is 15.0. The Morgan fingerprint density at radius 1 is 0.821 bits per heavy atom. The number of carboxylic acid groups (broad SMARTS) is 1. The highest BCUT2D eigenvalue weighted by Crippen LogP contribution is 2.27. The van der Waals surface area contributed by atoms with Crippen molar-refractivity contribution < 1.29 is 33.8 Å². The molecule has 13 heteroatoms. The van der Waals surface area contributed by atoms with Crippen LogP contribution in [0.4, 0.5) is 9.59 Å². The molecule has 3 aromatic rings.